The van der Waals surface area contributed by atoms with Gasteiger partial charge in [-0.15, -0.1) is 23.5 Å². The first-order valence-corrected chi connectivity index (χ1v) is 20.3. The molecule has 4 aliphatic rings. The molecule has 4 fully saturated rings. The van der Waals surface area contributed by atoms with Crippen LogP contribution in [0, 0.1) is 41.4 Å². The summed E-state index contributed by atoms with van der Waals surface area (Å²) in [7, 11) is 1.50. The number of esters is 1. The van der Waals surface area contributed by atoms with Crippen LogP contribution in [0.1, 0.15) is 150 Å². The Balaban J connectivity index is 0.00000148. The first kappa shape index (κ1) is 38.1. The summed E-state index contributed by atoms with van der Waals surface area (Å²) in [5, 5.41) is 0. The van der Waals surface area contributed by atoms with E-state index in [1.807, 2.05) is 44.3 Å². The number of carbonyl (C=O) groups excluding carboxylic acids is 1. The molecule has 3 aliphatic carbocycles. The van der Waals surface area contributed by atoms with E-state index in [1.54, 1.807) is 0 Å². The molecule has 0 aromatic heterocycles. The van der Waals surface area contributed by atoms with Gasteiger partial charge in [-0.3, -0.25) is 0 Å². The minimum atomic E-state index is -0.0537. The lowest BCUT2D eigenvalue weighted by Gasteiger charge is -2.38. The van der Waals surface area contributed by atoms with E-state index in [4.69, 9.17) is 4.74 Å². The van der Waals surface area contributed by atoms with Gasteiger partial charge in [0.05, 0.1) is 16.4 Å². The normalized spacial score (nSPS) is 31.6. The number of unbranched alkanes of at least 4 members (excludes halogenated alkanes) is 2. The highest BCUT2D eigenvalue weighted by Gasteiger charge is 2.33. The van der Waals surface area contributed by atoms with Crippen molar-refractivity contribution >= 4 is 29.5 Å². The van der Waals surface area contributed by atoms with Gasteiger partial charge in [0.25, 0.3) is 0 Å². The number of carbonyl (C=O) groups is 1. The fourth-order valence-corrected chi connectivity index (χ4v) is 11.1. The van der Waals surface area contributed by atoms with Crippen molar-refractivity contribution in [2.24, 2.45) is 47.2 Å². The Morgan fingerprint density at radius 2 is 1.12 bits per heavy atom. The molecular weight excluding hydrogens is 555 g/mol. The van der Waals surface area contributed by atoms with E-state index in [9.17, 15) is 4.79 Å². The Morgan fingerprint density at radius 3 is 1.60 bits per heavy atom. The van der Waals surface area contributed by atoms with Crippen LogP contribution >= 0.6 is 23.5 Å². The summed E-state index contributed by atoms with van der Waals surface area (Å²) in [5.74, 6) is 8.57. The van der Waals surface area contributed by atoms with E-state index in [-0.39, 0.29) is 5.97 Å². The van der Waals surface area contributed by atoms with Gasteiger partial charge in [0.2, 0.25) is 0 Å². The second kappa shape index (κ2) is 22.4. The van der Waals surface area contributed by atoms with Crippen LogP contribution in [0.15, 0.2) is 9.81 Å². The lowest BCUT2D eigenvalue weighted by atomic mass is 9.69. The first-order valence-electron chi connectivity index (χ1n) is 18.3. The largest absolute Gasteiger partial charge is 0.462 e. The van der Waals surface area contributed by atoms with Crippen molar-refractivity contribution in [2.75, 3.05) is 25.2 Å². The van der Waals surface area contributed by atoms with Crippen LogP contribution in [-0.2, 0) is 9.53 Å². The summed E-state index contributed by atoms with van der Waals surface area (Å²) >= 11 is 3.87. The Morgan fingerprint density at radius 1 is 0.667 bits per heavy atom. The monoisotopic (exact) mass is 623 g/mol. The van der Waals surface area contributed by atoms with Crippen molar-refractivity contribution in [2.45, 2.75) is 150 Å². The van der Waals surface area contributed by atoms with Crippen molar-refractivity contribution in [3.8, 4) is 0 Å². The van der Waals surface area contributed by atoms with Gasteiger partial charge in [0.1, 0.15) is 0 Å². The zero-order valence-corrected chi connectivity index (χ0v) is 30.2. The molecule has 4 rings (SSSR count). The van der Waals surface area contributed by atoms with Crippen molar-refractivity contribution in [3.05, 3.63) is 9.81 Å². The molecule has 0 aromatic carbocycles. The SMILES string of the molecule is CC.CCCCCC1CCC(C2CCC(COC(=O)C(C)=C3SCC(C4CCC(CCC)CC4)CS3)CC2)CC1.CN. The summed E-state index contributed by atoms with van der Waals surface area (Å²) in [4.78, 5) is 12.9. The second-order valence-electron chi connectivity index (χ2n) is 13.5. The molecule has 1 saturated heterocycles. The Labute approximate surface area is 270 Å². The van der Waals surface area contributed by atoms with Crippen LogP contribution in [-0.4, -0.2) is 31.1 Å². The van der Waals surface area contributed by atoms with Gasteiger partial charge < -0.3 is 10.5 Å². The minimum absolute atomic E-state index is 0.0537. The van der Waals surface area contributed by atoms with Gasteiger partial charge in [-0.05, 0) is 107 Å². The average molecular weight is 624 g/mol. The summed E-state index contributed by atoms with van der Waals surface area (Å²) in [6.07, 6.45) is 25.4. The number of hydrogen-bond acceptors (Lipinski definition) is 5. The van der Waals surface area contributed by atoms with Gasteiger partial charge in [-0.2, -0.15) is 0 Å². The lowest BCUT2D eigenvalue weighted by Crippen LogP contribution is -2.28. The van der Waals surface area contributed by atoms with E-state index >= 15 is 0 Å². The third kappa shape index (κ3) is 12.7. The lowest BCUT2D eigenvalue weighted by molar-refractivity contribution is -0.140. The van der Waals surface area contributed by atoms with Crippen molar-refractivity contribution in [1.29, 1.82) is 0 Å². The summed E-state index contributed by atoms with van der Waals surface area (Å²) in [6, 6.07) is 0. The molecule has 0 radical (unpaired) electrons. The molecule has 2 N–H and O–H groups in total. The van der Waals surface area contributed by atoms with Crippen molar-refractivity contribution in [3.63, 3.8) is 0 Å². The predicted octanol–water partition coefficient (Wildman–Crippen LogP) is 11.3. The zero-order valence-electron chi connectivity index (χ0n) is 28.6. The van der Waals surface area contributed by atoms with Crippen LogP contribution in [0.4, 0.5) is 0 Å². The molecule has 5 heteroatoms. The van der Waals surface area contributed by atoms with E-state index in [0.717, 1.165) is 41.1 Å². The highest BCUT2D eigenvalue weighted by atomic mass is 32.2. The topological polar surface area (TPSA) is 52.3 Å². The fourth-order valence-electron chi connectivity index (χ4n) is 8.14. The summed E-state index contributed by atoms with van der Waals surface area (Å²) < 4.78 is 7.13. The first-order chi connectivity index (χ1) is 20.6. The maximum Gasteiger partial charge on any atom is 0.335 e. The standard InChI is InChI=1S/C34H58O2S2.C2H6.CH5N/c1-4-6-7-9-27-12-16-29(17-13-27)30-20-14-28(15-21-30)22-36-33(35)25(3)34-37-23-32(24-38-34)31-18-10-26(8-5-2)11-19-31;2*1-2/h26-32H,4-24H2,1-3H3;1-2H3;2H2,1H3. The predicted molar refractivity (Wildman–Crippen MR) is 189 cm³/mol. The van der Waals surface area contributed by atoms with Crippen molar-refractivity contribution in [1.82, 2.24) is 0 Å². The van der Waals surface area contributed by atoms with E-state index in [1.165, 1.54) is 138 Å². The molecule has 1 heterocycles. The maximum absolute atomic E-state index is 12.9. The average Bonchev–Trinajstić information content (AvgIpc) is 3.06. The molecule has 1 aliphatic heterocycles. The van der Waals surface area contributed by atoms with E-state index in [2.05, 4.69) is 19.6 Å². The number of hydrogen-bond donors (Lipinski definition) is 1. The van der Waals surface area contributed by atoms with Gasteiger partial charge in [-0.25, -0.2) is 4.79 Å². The molecule has 246 valence electrons. The maximum atomic E-state index is 12.9. The molecule has 3 nitrogen and oxygen atoms in total. The van der Waals surface area contributed by atoms with Gasteiger partial charge >= 0.3 is 5.97 Å². The quantitative estimate of drug-likeness (QED) is 0.141. The fraction of sp³-hybridized carbons (Fsp3) is 0.919. The molecule has 0 spiro atoms. The molecule has 0 atom stereocenters. The number of nitrogens with two attached hydrogens (primary N) is 1. The van der Waals surface area contributed by atoms with E-state index < -0.39 is 0 Å². The molecule has 0 aromatic rings. The highest BCUT2D eigenvalue weighted by molar-refractivity contribution is 8.22. The molecular formula is C37H69NO2S2. The van der Waals surface area contributed by atoms with Gasteiger partial charge in [0, 0.05) is 11.5 Å². The third-order valence-electron chi connectivity index (χ3n) is 10.8. The van der Waals surface area contributed by atoms with Crippen LogP contribution in [0.3, 0.4) is 0 Å². The molecule has 0 bridgehead atoms. The number of thioether (sulfide) groups is 2. The van der Waals surface area contributed by atoms with Crippen LogP contribution in [0.5, 0.6) is 0 Å². The molecule has 42 heavy (non-hydrogen) atoms. The molecule has 0 unspecified atom stereocenters. The van der Waals surface area contributed by atoms with Crippen LogP contribution in [0.2, 0.25) is 0 Å². The smallest absolute Gasteiger partial charge is 0.335 e. The van der Waals surface area contributed by atoms with Crippen LogP contribution in [0.25, 0.3) is 0 Å². The van der Waals surface area contributed by atoms with Crippen molar-refractivity contribution < 1.29 is 9.53 Å². The second-order valence-corrected chi connectivity index (χ2v) is 15.8. The minimum Gasteiger partial charge on any atom is -0.462 e. The summed E-state index contributed by atoms with van der Waals surface area (Å²) in [5.41, 5.74) is 5.37. The Hall–Kier alpha value is -0.130. The zero-order chi connectivity index (χ0) is 30.7. The van der Waals surface area contributed by atoms with Crippen LogP contribution < -0.4 is 5.73 Å². The van der Waals surface area contributed by atoms with Gasteiger partial charge in [-0.1, -0.05) is 91.9 Å². The summed E-state index contributed by atoms with van der Waals surface area (Å²) in [6.45, 7) is 11.3. The van der Waals surface area contributed by atoms with E-state index in [0.29, 0.717) is 12.5 Å². The Bertz CT molecular complexity index is 722. The molecule has 3 saturated carbocycles. The highest BCUT2D eigenvalue weighted by Crippen LogP contribution is 2.46. The third-order valence-corrected chi connectivity index (χ3v) is 13.9. The number of rotatable bonds is 11. The Kier molecular flexibility index (Phi) is 20.3. The number of ether oxygens (including phenoxy) is 1. The van der Waals surface area contributed by atoms with Gasteiger partial charge in [0.15, 0.2) is 0 Å². The molecule has 0 amide bonds.